The van der Waals surface area contributed by atoms with E-state index in [-0.39, 0.29) is 6.73 Å². The minimum Gasteiger partial charge on any atom is -0.587 e. The lowest BCUT2D eigenvalue weighted by Gasteiger charge is -2.23. The number of carbonyl (C=O) groups excluding carboxylic acids is 1. The summed E-state index contributed by atoms with van der Waals surface area (Å²) in [5, 5.41) is 0.921. The average molecular weight is 409 g/mol. The fourth-order valence-corrected chi connectivity index (χ4v) is 5.65. The van der Waals surface area contributed by atoms with E-state index in [1.807, 2.05) is 38.2 Å². The van der Waals surface area contributed by atoms with Crippen molar-refractivity contribution in [3.8, 4) is 0 Å². The molecule has 0 saturated carbocycles. The van der Waals surface area contributed by atoms with Gasteiger partial charge in [-0.25, -0.2) is 4.79 Å². The molecule has 0 saturated heterocycles. The molecule has 146 valence electrons. The van der Waals surface area contributed by atoms with Crippen molar-refractivity contribution in [1.29, 1.82) is 0 Å². The standard InChI is InChI=1S/C19H24N2O4S2/c1-5-25-19(22)16-11-14-13(2)8-9-15(18(14)21(16)12-24-4)20(3)27(23)17-7-6-10-26-17/h7-9,11H,5-6,10,12H2,1-4H3. The van der Waals surface area contributed by atoms with Crippen LogP contribution in [0.3, 0.4) is 0 Å². The Bertz CT molecular complexity index is 878. The van der Waals surface area contributed by atoms with E-state index in [4.69, 9.17) is 9.47 Å². The van der Waals surface area contributed by atoms with Crippen molar-refractivity contribution in [1.82, 2.24) is 4.57 Å². The second kappa shape index (κ2) is 8.60. The van der Waals surface area contributed by atoms with Gasteiger partial charge in [0, 0.05) is 18.2 Å². The third-order valence-corrected chi connectivity index (χ3v) is 7.31. The first-order chi connectivity index (χ1) is 13.0. The number of anilines is 1. The third-order valence-electron chi connectivity index (χ3n) is 4.43. The molecule has 8 heteroatoms. The molecule has 3 rings (SSSR count). The molecule has 0 bridgehead atoms. The maximum atomic E-state index is 13.0. The number of fused-ring (bicyclic) bond motifs is 1. The van der Waals surface area contributed by atoms with Gasteiger partial charge in [0.1, 0.15) is 29.5 Å². The Morgan fingerprint density at radius 1 is 1.44 bits per heavy atom. The van der Waals surface area contributed by atoms with Crippen molar-refractivity contribution < 1.29 is 18.8 Å². The van der Waals surface area contributed by atoms with Gasteiger partial charge in [-0.05, 0) is 44.0 Å². The van der Waals surface area contributed by atoms with Gasteiger partial charge in [-0.1, -0.05) is 17.8 Å². The molecule has 1 aromatic carbocycles. The predicted molar refractivity (Wildman–Crippen MR) is 111 cm³/mol. The van der Waals surface area contributed by atoms with E-state index in [1.54, 1.807) is 34.7 Å². The van der Waals surface area contributed by atoms with Gasteiger partial charge < -0.3 is 18.6 Å². The van der Waals surface area contributed by atoms with E-state index in [2.05, 4.69) is 0 Å². The van der Waals surface area contributed by atoms with Crippen LogP contribution >= 0.6 is 11.8 Å². The van der Waals surface area contributed by atoms with E-state index >= 15 is 0 Å². The average Bonchev–Trinajstić information content (AvgIpc) is 3.31. The first-order valence-corrected chi connectivity index (χ1v) is 10.9. The van der Waals surface area contributed by atoms with Gasteiger partial charge in [-0.15, -0.1) is 0 Å². The van der Waals surface area contributed by atoms with E-state index in [0.717, 1.165) is 38.6 Å². The van der Waals surface area contributed by atoms with Gasteiger partial charge >= 0.3 is 5.97 Å². The molecule has 6 nitrogen and oxygen atoms in total. The fourth-order valence-electron chi connectivity index (χ4n) is 3.13. The van der Waals surface area contributed by atoms with E-state index in [1.165, 1.54) is 0 Å². The summed E-state index contributed by atoms with van der Waals surface area (Å²) in [6, 6.07) is 5.75. The van der Waals surface area contributed by atoms with Crippen molar-refractivity contribution in [2.24, 2.45) is 0 Å². The zero-order chi connectivity index (χ0) is 19.6. The minimum absolute atomic E-state index is 0.200. The molecule has 0 amide bonds. The largest absolute Gasteiger partial charge is 0.587 e. The molecule has 0 fully saturated rings. The second-order valence-corrected chi connectivity index (χ2v) is 9.05. The quantitative estimate of drug-likeness (QED) is 0.513. The lowest BCUT2D eigenvalue weighted by atomic mass is 10.1. The van der Waals surface area contributed by atoms with Gasteiger partial charge in [0.2, 0.25) is 4.24 Å². The van der Waals surface area contributed by atoms with Gasteiger partial charge in [0.05, 0.1) is 19.2 Å². The topological polar surface area (TPSA) is 66.8 Å². The molecule has 0 aliphatic carbocycles. The van der Waals surface area contributed by atoms with Gasteiger partial charge in [0.15, 0.2) is 0 Å². The number of rotatable bonds is 7. The number of aromatic nitrogens is 1. The summed E-state index contributed by atoms with van der Waals surface area (Å²) in [7, 11) is 3.40. The number of aryl methyl sites for hydroxylation is 1. The van der Waals surface area contributed by atoms with Crippen molar-refractivity contribution in [2.45, 2.75) is 27.0 Å². The van der Waals surface area contributed by atoms with Crippen molar-refractivity contribution in [3.05, 3.63) is 39.8 Å². The van der Waals surface area contributed by atoms with Crippen LogP contribution in [0.25, 0.3) is 10.9 Å². The number of nitrogens with zero attached hydrogens (tertiary/aromatic N) is 2. The molecule has 1 atom stereocenters. The SMILES string of the molecule is CCOC(=O)c1cc2c(C)ccc(N(C)[S+]([O-])C3=CCCS3)c2n1COC. The highest BCUT2D eigenvalue weighted by atomic mass is 32.3. The number of ether oxygens (including phenoxy) is 2. The molecule has 1 aliphatic rings. The van der Waals surface area contributed by atoms with Crippen LogP contribution in [0.1, 0.15) is 29.4 Å². The highest BCUT2D eigenvalue weighted by Gasteiger charge is 2.29. The molecule has 2 aromatic rings. The van der Waals surface area contributed by atoms with Crippen LogP contribution < -0.4 is 4.31 Å². The zero-order valence-corrected chi connectivity index (χ0v) is 17.6. The fraction of sp³-hybridized carbons (Fsp3) is 0.421. The van der Waals surface area contributed by atoms with E-state index in [0.29, 0.717) is 12.3 Å². The number of benzene rings is 1. The van der Waals surface area contributed by atoms with Crippen molar-refractivity contribution >= 4 is 45.7 Å². The lowest BCUT2D eigenvalue weighted by Crippen LogP contribution is -2.27. The Hall–Kier alpha value is -1.61. The number of carbonyl (C=O) groups is 1. The molecular weight excluding hydrogens is 384 g/mol. The number of methoxy groups -OCH3 is 1. The highest BCUT2D eigenvalue weighted by molar-refractivity contribution is 8.19. The summed E-state index contributed by atoms with van der Waals surface area (Å²) in [6.45, 7) is 4.27. The van der Waals surface area contributed by atoms with Gasteiger partial charge in [0.25, 0.3) is 0 Å². The normalized spacial score (nSPS) is 15.1. The molecule has 2 heterocycles. The van der Waals surface area contributed by atoms with Crippen molar-refractivity contribution in [2.75, 3.05) is 30.8 Å². The van der Waals surface area contributed by atoms with Gasteiger partial charge in [-0.3, -0.25) is 0 Å². The Kier molecular flexibility index (Phi) is 6.41. The number of hydrogen-bond donors (Lipinski definition) is 0. The van der Waals surface area contributed by atoms with Crippen LogP contribution in [0.4, 0.5) is 5.69 Å². The first-order valence-electron chi connectivity index (χ1n) is 8.77. The molecule has 0 spiro atoms. The van der Waals surface area contributed by atoms with E-state index < -0.39 is 17.3 Å². The monoisotopic (exact) mass is 408 g/mol. The number of thioether (sulfide) groups is 1. The van der Waals surface area contributed by atoms with Gasteiger partial charge in [-0.2, -0.15) is 4.31 Å². The van der Waals surface area contributed by atoms with Crippen LogP contribution in [0.5, 0.6) is 0 Å². The summed E-state index contributed by atoms with van der Waals surface area (Å²) in [4.78, 5) is 12.5. The number of hydrogen-bond acceptors (Lipinski definition) is 6. The summed E-state index contributed by atoms with van der Waals surface area (Å²) in [6.07, 6.45) is 2.97. The Morgan fingerprint density at radius 3 is 2.85 bits per heavy atom. The highest BCUT2D eigenvalue weighted by Crippen LogP contribution is 2.38. The molecule has 0 radical (unpaired) electrons. The smallest absolute Gasteiger partial charge is 0.355 e. The maximum absolute atomic E-state index is 13.0. The Balaban J connectivity index is 2.15. The van der Waals surface area contributed by atoms with Crippen LogP contribution in [0.15, 0.2) is 28.5 Å². The summed E-state index contributed by atoms with van der Waals surface area (Å²) in [5.74, 6) is 0.569. The molecule has 27 heavy (non-hydrogen) atoms. The first kappa shape index (κ1) is 20.1. The Labute approximate surface area is 166 Å². The molecule has 1 unspecified atom stereocenters. The maximum Gasteiger partial charge on any atom is 0.355 e. The predicted octanol–water partition coefficient (Wildman–Crippen LogP) is 3.81. The van der Waals surface area contributed by atoms with Crippen molar-refractivity contribution in [3.63, 3.8) is 0 Å². The summed E-state index contributed by atoms with van der Waals surface area (Å²) < 4.78 is 28.0. The summed E-state index contributed by atoms with van der Waals surface area (Å²) >= 11 is 0.343. The zero-order valence-electron chi connectivity index (χ0n) is 16.0. The van der Waals surface area contributed by atoms with E-state index in [9.17, 15) is 9.35 Å². The lowest BCUT2D eigenvalue weighted by molar-refractivity contribution is 0.0496. The second-order valence-electron chi connectivity index (χ2n) is 6.17. The number of allylic oxidation sites excluding steroid dienone is 1. The molecule has 0 N–H and O–H groups in total. The molecule has 1 aliphatic heterocycles. The Morgan fingerprint density at radius 2 is 2.22 bits per heavy atom. The van der Waals surface area contributed by atoms with Crippen LogP contribution in [-0.4, -0.2) is 41.6 Å². The minimum atomic E-state index is -1.28. The molecular formula is C19H24N2O4S2. The third kappa shape index (κ3) is 3.85. The van der Waals surface area contributed by atoms with Crippen LogP contribution in [0.2, 0.25) is 0 Å². The molecule has 1 aromatic heterocycles. The summed E-state index contributed by atoms with van der Waals surface area (Å²) in [5.41, 5.74) is 3.06. The number of esters is 1. The van der Waals surface area contributed by atoms with Crippen LogP contribution in [0, 0.1) is 6.92 Å². The van der Waals surface area contributed by atoms with Crippen LogP contribution in [-0.2, 0) is 27.6 Å².